The van der Waals surface area contributed by atoms with Gasteiger partial charge in [0.2, 0.25) is 0 Å². The van der Waals surface area contributed by atoms with Crippen LogP contribution in [0.2, 0.25) is 0 Å². The first-order valence-corrected chi connectivity index (χ1v) is 7.01. The molecule has 0 aliphatic heterocycles. The lowest BCUT2D eigenvalue weighted by Gasteiger charge is -2.14. The number of carbonyl (C=O) groups excluding carboxylic acids is 1. The number of esters is 1. The number of halogens is 6. The Kier molecular flexibility index (Phi) is 5.39. The highest BCUT2D eigenvalue weighted by Crippen LogP contribution is 2.36. The maximum Gasteiger partial charge on any atom is 0.416 e. The Bertz CT molecular complexity index is 690. The second-order valence-corrected chi connectivity index (χ2v) is 5.05. The van der Waals surface area contributed by atoms with Crippen molar-refractivity contribution in [2.24, 2.45) is 0 Å². The molecule has 0 radical (unpaired) electrons. The van der Waals surface area contributed by atoms with Crippen molar-refractivity contribution in [3.05, 3.63) is 53.3 Å². The van der Waals surface area contributed by atoms with E-state index in [1.165, 1.54) is 6.20 Å². The standard InChI is InChI=1S/C15H12F6N2O2/c16-14(17,18)11-7-10(8-12(9-11)15(19,20)21)13(24)25-6-2-5-23-4-1-3-22-23/h1,3-4,7-9H,2,5-6H2. The summed E-state index contributed by atoms with van der Waals surface area (Å²) in [7, 11) is 0. The predicted octanol–water partition coefficient (Wildman–Crippen LogP) is 4.17. The van der Waals surface area contributed by atoms with E-state index in [2.05, 4.69) is 5.10 Å². The van der Waals surface area contributed by atoms with Crippen LogP contribution in [0, 0.1) is 0 Å². The first-order valence-electron chi connectivity index (χ1n) is 7.01. The second-order valence-electron chi connectivity index (χ2n) is 5.05. The molecule has 0 bridgehead atoms. The van der Waals surface area contributed by atoms with Gasteiger partial charge in [0.25, 0.3) is 0 Å². The normalized spacial score (nSPS) is 12.2. The molecule has 0 atom stereocenters. The number of aryl methyl sites for hydroxylation is 1. The van der Waals surface area contributed by atoms with E-state index in [0.717, 1.165) is 0 Å². The molecule has 2 rings (SSSR count). The van der Waals surface area contributed by atoms with Crippen LogP contribution in [0.15, 0.2) is 36.7 Å². The smallest absolute Gasteiger partial charge is 0.416 e. The number of hydrogen-bond acceptors (Lipinski definition) is 3. The number of hydrogen-bond donors (Lipinski definition) is 0. The summed E-state index contributed by atoms with van der Waals surface area (Å²) in [5, 5.41) is 3.89. The van der Waals surface area contributed by atoms with Crippen molar-refractivity contribution in [3.8, 4) is 0 Å². The highest BCUT2D eigenvalue weighted by atomic mass is 19.4. The van der Waals surface area contributed by atoms with E-state index in [0.29, 0.717) is 25.1 Å². The van der Waals surface area contributed by atoms with Crippen LogP contribution in [0.4, 0.5) is 26.3 Å². The third-order valence-electron chi connectivity index (χ3n) is 3.15. The fourth-order valence-electron chi connectivity index (χ4n) is 1.98. The van der Waals surface area contributed by atoms with Crippen molar-refractivity contribution in [2.45, 2.75) is 25.3 Å². The van der Waals surface area contributed by atoms with Crippen LogP contribution >= 0.6 is 0 Å². The van der Waals surface area contributed by atoms with Crippen molar-refractivity contribution in [3.63, 3.8) is 0 Å². The fourth-order valence-corrected chi connectivity index (χ4v) is 1.98. The zero-order valence-electron chi connectivity index (χ0n) is 12.6. The molecule has 1 aromatic heterocycles. The average Bonchev–Trinajstić information content (AvgIpc) is 3.02. The molecule has 0 aliphatic rings. The summed E-state index contributed by atoms with van der Waals surface area (Å²) in [6.45, 7) is 0.215. The predicted molar refractivity (Wildman–Crippen MR) is 73.6 cm³/mol. The van der Waals surface area contributed by atoms with Crippen molar-refractivity contribution in [1.82, 2.24) is 9.78 Å². The SMILES string of the molecule is O=C(OCCCn1cccn1)c1cc(C(F)(F)F)cc(C(F)(F)F)c1. The number of alkyl halides is 6. The number of ether oxygens (including phenoxy) is 1. The molecule has 2 aromatic rings. The van der Waals surface area contributed by atoms with E-state index in [9.17, 15) is 31.1 Å². The van der Waals surface area contributed by atoms with Gasteiger partial charge in [-0.25, -0.2) is 4.79 Å². The molecule has 0 fully saturated rings. The number of benzene rings is 1. The van der Waals surface area contributed by atoms with Gasteiger partial charge in [-0.3, -0.25) is 4.68 Å². The molecule has 0 amide bonds. The fraction of sp³-hybridized carbons (Fsp3) is 0.333. The molecule has 0 N–H and O–H groups in total. The van der Waals surface area contributed by atoms with E-state index >= 15 is 0 Å². The van der Waals surface area contributed by atoms with Gasteiger partial charge in [-0.05, 0) is 24.3 Å². The van der Waals surface area contributed by atoms with Gasteiger partial charge >= 0.3 is 18.3 Å². The lowest BCUT2D eigenvalue weighted by atomic mass is 10.0. The third-order valence-corrected chi connectivity index (χ3v) is 3.15. The molecule has 136 valence electrons. The van der Waals surface area contributed by atoms with Crippen LogP contribution in [-0.2, 0) is 23.6 Å². The minimum absolute atomic E-state index is 0.0471. The van der Waals surface area contributed by atoms with Gasteiger partial charge in [-0.1, -0.05) is 0 Å². The van der Waals surface area contributed by atoms with E-state index in [1.807, 2.05) is 0 Å². The molecule has 0 saturated carbocycles. The van der Waals surface area contributed by atoms with Gasteiger partial charge < -0.3 is 4.74 Å². The van der Waals surface area contributed by atoms with Crippen LogP contribution in [-0.4, -0.2) is 22.4 Å². The van der Waals surface area contributed by atoms with Crippen LogP contribution < -0.4 is 0 Å². The summed E-state index contributed by atoms with van der Waals surface area (Å²) in [5.41, 5.74) is -3.93. The highest BCUT2D eigenvalue weighted by Gasteiger charge is 2.37. The van der Waals surface area contributed by atoms with E-state index in [4.69, 9.17) is 4.74 Å². The molecule has 0 spiro atoms. The largest absolute Gasteiger partial charge is 0.462 e. The molecule has 0 saturated heterocycles. The highest BCUT2D eigenvalue weighted by molar-refractivity contribution is 5.90. The van der Waals surface area contributed by atoms with E-state index in [1.54, 1.807) is 16.9 Å². The van der Waals surface area contributed by atoms with E-state index in [-0.39, 0.29) is 12.7 Å². The third kappa shape index (κ3) is 5.23. The zero-order chi connectivity index (χ0) is 18.7. The van der Waals surface area contributed by atoms with Gasteiger partial charge in [0.1, 0.15) is 0 Å². The van der Waals surface area contributed by atoms with Gasteiger partial charge in [-0.15, -0.1) is 0 Å². The zero-order valence-corrected chi connectivity index (χ0v) is 12.6. The number of rotatable bonds is 5. The second kappa shape index (κ2) is 7.16. The number of nitrogens with zero attached hydrogens (tertiary/aromatic N) is 2. The van der Waals surface area contributed by atoms with Crippen LogP contribution in [0.25, 0.3) is 0 Å². The molecule has 10 heteroatoms. The minimum atomic E-state index is -5.02. The van der Waals surface area contributed by atoms with Gasteiger partial charge in [-0.2, -0.15) is 31.4 Å². The van der Waals surface area contributed by atoms with Crippen molar-refractivity contribution >= 4 is 5.97 Å². The maximum atomic E-state index is 12.7. The van der Waals surface area contributed by atoms with Crippen molar-refractivity contribution in [2.75, 3.05) is 6.61 Å². The molecule has 1 heterocycles. The first kappa shape index (κ1) is 18.8. The Balaban J connectivity index is 2.09. The Labute approximate surface area is 138 Å². The van der Waals surface area contributed by atoms with Crippen molar-refractivity contribution < 1.29 is 35.9 Å². The monoisotopic (exact) mass is 366 g/mol. The summed E-state index contributed by atoms with van der Waals surface area (Å²) in [6.07, 6.45) is -6.54. The lowest BCUT2D eigenvalue weighted by molar-refractivity contribution is -0.143. The topological polar surface area (TPSA) is 44.1 Å². The molecular weight excluding hydrogens is 354 g/mol. The van der Waals surface area contributed by atoms with Crippen LogP contribution in [0.5, 0.6) is 0 Å². The first-order chi connectivity index (χ1) is 11.6. The lowest BCUT2D eigenvalue weighted by Crippen LogP contribution is -2.15. The molecule has 0 unspecified atom stereocenters. The Hall–Kier alpha value is -2.52. The molecule has 25 heavy (non-hydrogen) atoms. The number of carbonyl (C=O) groups is 1. The number of aromatic nitrogens is 2. The van der Waals surface area contributed by atoms with Gasteiger partial charge in [0.05, 0.1) is 23.3 Å². The minimum Gasteiger partial charge on any atom is -0.462 e. The molecule has 1 aromatic carbocycles. The summed E-state index contributed by atoms with van der Waals surface area (Å²) in [4.78, 5) is 11.8. The molecule has 0 aliphatic carbocycles. The Morgan fingerprint density at radius 1 is 1.04 bits per heavy atom. The average molecular weight is 366 g/mol. The van der Waals surface area contributed by atoms with Crippen LogP contribution in [0.3, 0.4) is 0 Å². The van der Waals surface area contributed by atoms with Crippen molar-refractivity contribution in [1.29, 1.82) is 0 Å². The quantitative estimate of drug-likeness (QED) is 0.453. The van der Waals surface area contributed by atoms with Gasteiger partial charge in [0.15, 0.2) is 0 Å². The summed E-state index contributed by atoms with van der Waals surface area (Å²) in [5.74, 6) is -1.25. The summed E-state index contributed by atoms with van der Waals surface area (Å²) in [6, 6.07) is 2.30. The van der Waals surface area contributed by atoms with Crippen LogP contribution in [0.1, 0.15) is 27.9 Å². The Morgan fingerprint density at radius 2 is 1.64 bits per heavy atom. The molecular formula is C15H12F6N2O2. The van der Waals surface area contributed by atoms with E-state index < -0.39 is 35.0 Å². The summed E-state index contributed by atoms with van der Waals surface area (Å²) < 4.78 is 82.7. The Morgan fingerprint density at radius 3 is 2.12 bits per heavy atom. The molecule has 4 nitrogen and oxygen atoms in total. The summed E-state index contributed by atoms with van der Waals surface area (Å²) >= 11 is 0. The maximum absolute atomic E-state index is 12.7. The van der Waals surface area contributed by atoms with Gasteiger partial charge in [0, 0.05) is 25.4 Å².